The summed E-state index contributed by atoms with van der Waals surface area (Å²) in [6, 6.07) is 4.13. The average Bonchev–Trinajstić information content (AvgIpc) is 2.43. The lowest BCUT2D eigenvalue weighted by Crippen LogP contribution is -2.41. The molecular formula is C16H23Br2NO2. The molecule has 0 spiro atoms. The fraction of sp³-hybridized carbons (Fsp3) is 0.625. The summed E-state index contributed by atoms with van der Waals surface area (Å²) in [7, 11) is 0. The Kier molecular flexibility index (Phi) is 6.53. The van der Waals surface area contributed by atoms with Crippen molar-refractivity contribution in [1.29, 1.82) is 0 Å². The summed E-state index contributed by atoms with van der Waals surface area (Å²) in [5.74, 6) is 0.840. The topological polar surface area (TPSA) is 41.5 Å². The van der Waals surface area contributed by atoms with E-state index in [0.29, 0.717) is 13.2 Å². The van der Waals surface area contributed by atoms with Gasteiger partial charge in [0.05, 0.1) is 21.2 Å². The van der Waals surface area contributed by atoms with Gasteiger partial charge in [0.25, 0.3) is 0 Å². The van der Waals surface area contributed by atoms with Gasteiger partial charge in [-0.15, -0.1) is 0 Å². The Bertz CT molecular complexity index is 450. The number of nitrogens with one attached hydrogen (secondary N) is 1. The number of halogens is 2. The molecule has 0 bridgehead atoms. The van der Waals surface area contributed by atoms with Crippen LogP contribution in [0.5, 0.6) is 5.75 Å². The molecule has 0 radical (unpaired) electrons. The minimum Gasteiger partial charge on any atom is -0.492 e. The van der Waals surface area contributed by atoms with Gasteiger partial charge in [0.1, 0.15) is 5.75 Å². The van der Waals surface area contributed by atoms with Gasteiger partial charge in [-0.1, -0.05) is 19.3 Å². The van der Waals surface area contributed by atoms with E-state index in [1.807, 2.05) is 6.92 Å². The highest BCUT2D eigenvalue weighted by atomic mass is 79.9. The standard InChI is InChI=1S/C16H23Br2NO2/c1-2-21-15-13(17)8-12(9-14(15)18)10-19-11-16(20)6-4-3-5-7-16/h8-9,19-20H,2-7,10-11H2,1H3. The molecule has 1 aromatic carbocycles. The molecular weight excluding hydrogens is 398 g/mol. The third kappa shape index (κ3) is 4.95. The third-order valence-corrected chi connectivity index (χ3v) is 5.09. The Labute approximate surface area is 143 Å². The van der Waals surface area contributed by atoms with E-state index >= 15 is 0 Å². The first-order valence-corrected chi connectivity index (χ1v) is 9.16. The van der Waals surface area contributed by atoms with E-state index in [9.17, 15) is 5.11 Å². The molecule has 1 aromatic rings. The maximum atomic E-state index is 10.5. The highest BCUT2D eigenvalue weighted by Crippen LogP contribution is 2.35. The first-order chi connectivity index (χ1) is 10.0. The van der Waals surface area contributed by atoms with Gasteiger partial charge in [-0.25, -0.2) is 0 Å². The fourth-order valence-electron chi connectivity index (χ4n) is 2.82. The number of rotatable bonds is 6. The molecule has 1 fully saturated rings. The van der Waals surface area contributed by atoms with Crippen LogP contribution in [0.3, 0.4) is 0 Å². The lowest BCUT2D eigenvalue weighted by molar-refractivity contribution is 0.00467. The number of hydrogen-bond donors (Lipinski definition) is 2. The molecule has 1 saturated carbocycles. The molecule has 2 N–H and O–H groups in total. The zero-order chi connectivity index (χ0) is 15.3. The summed E-state index contributed by atoms with van der Waals surface area (Å²) >= 11 is 7.09. The summed E-state index contributed by atoms with van der Waals surface area (Å²) in [5.41, 5.74) is 0.648. The van der Waals surface area contributed by atoms with Crippen LogP contribution in [0.4, 0.5) is 0 Å². The van der Waals surface area contributed by atoms with E-state index in [4.69, 9.17) is 4.74 Å². The lowest BCUT2D eigenvalue weighted by Gasteiger charge is -2.32. The third-order valence-electron chi connectivity index (χ3n) is 3.91. The number of aliphatic hydroxyl groups is 1. The highest BCUT2D eigenvalue weighted by molar-refractivity contribution is 9.11. The maximum absolute atomic E-state index is 10.5. The van der Waals surface area contributed by atoms with Crippen molar-refractivity contribution in [3.05, 3.63) is 26.6 Å². The molecule has 1 aliphatic carbocycles. The summed E-state index contributed by atoms with van der Waals surface area (Å²) in [6.07, 6.45) is 5.35. The van der Waals surface area contributed by atoms with Gasteiger partial charge < -0.3 is 15.2 Å². The van der Waals surface area contributed by atoms with Crippen LogP contribution >= 0.6 is 31.9 Å². The van der Waals surface area contributed by atoms with Crippen LogP contribution in [0.15, 0.2) is 21.1 Å². The van der Waals surface area contributed by atoms with E-state index in [-0.39, 0.29) is 0 Å². The number of benzene rings is 1. The second kappa shape index (κ2) is 7.95. The van der Waals surface area contributed by atoms with Crippen molar-refractivity contribution < 1.29 is 9.84 Å². The molecule has 0 amide bonds. The Morgan fingerprint density at radius 1 is 1.19 bits per heavy atom. The van der Waals surface area contributed by atoms with Crippen LogP contribution in [0.25, 0.3) is 0 Å². The van der Waals surface area contributed by atoms with Crippen molar-refractivity contribution in [3.63, 3.8) is 0 Å². The zero-order valence-corrected chi connectivity index (χ0v) is 15.6. The Hall–Kier alpha value is -0.100. The average molecular weight is 421 g/mol. The first-order valence-electron chi connectivity index (χ1n) is 7.58. The molecule has 0 atom stereocenters. The summed E-state index contributed by atoms with van der Waals surface area (Å²) in [4.78, 5) is 0. The quantitative estimate of drug-likeness (QED) is 0.716. The van der Waals surface area contributed by atoms with E-state index < -0.39 is 5.60 Å². The number of ether oxygens (including phenoxy) is 1. The second-order valence-corrected chi connectivity index (χ2v) is 7.42. The van der Waals surface area contributed by atoms with Gasteiger partial charge >= 0.3 is 0 Å². The molecule has 2 rings (SSSR count). The van der Waals surface area contributed by atoms with Crippen LogP contribution in [-0.4, -0.2) is 23.9 Å². The summed E-state index contributed by atoms with van der Waals surface area (Å²) in [5, 5.41) is 13.9. The largest absolute Gasteiger partial charge is 0.492 e. The van der Waals surface area contributed by atoms with Crippen molar-refractivity contribution in [2.24, 2.45) is 0 Å². The molecule has 5 heteroatoms. The first kappa shape index (κ1) is 17.3. The summed E-state index contributed by atoms with van der Waals surface area (Å²) < 4.78 is 7.49. The molecule has 0 unspecified atom stereocenters. The molecule has 21 heavy (non-hydrogen) atoms. The Morgan fingerprint density at radius 2 is 1.81 bits per heavy atom. The summed E-state index contributed by atoms with van der Waals surface area (Å²) in [6.45, 7) is 4.02. The van der Waals surface area contributed by atoms with Crippen molar-refractivity contribution in [2.75, 3.05) is 13.2 Å². The maximum Gasteiger partial charge on any atom is 0.147 e. The normalized spacial score (nSPS) is 17.7. The highest BCUT2D eigenvalue weighted by Gasteiger charge is 2.28. The van der Waals surface area contributed by atoms with Crippen LogP contribution in [-0.2, 0) is 6.54 Å². The predicted octanol–water partition coefficient (Wildman–Crippen LogP) is 4.40. The zero-order valence-electron chi connectivity index (χ0n) is 12.4. The van der Waals surface area contributed by atoms with E-state index in [1.165, 1.54) is 6.42 Å². The fourth-order valence-corrected chi connectivity index (χ4v) is 4.33. The minimum absolute atomic E-state index is 0.516. The van der Waals surface area contributed by atoms with Gasteiger partial charge in [0.2, 0.25) is 0 Å². The van der Waals surface area contributed by atoms with Gasteiger partial charge in [0.15, 0.2) is 0 Å². The van der Waals surface area contributed by atoms with Crippen LogP contribution in [0, 0.1) is 0 Å². The molecule has 3 nitrogen and oxygen atoms in total. The predicted molar refractivity (Wildman–Crippen MR) is 92.8 cm³/mol. The van der Waals surface area contributed by atoms with Gasteiger partial charge in [-0.3, -0.25) is 0 Å². The van der Waals surface area contributed by atoms with Crippen LogP contribution in [0.2, 0.25) is 0 Å². The van der Waals surface area contributed by atoms with E-state index in [0.717, 1.165) is 52.5 Å². The van der Waals surface area contributed by atoms with E-state index in [1.54, 1.807) is 0 Å². The van der Waals surface area contributed by atoms with E-state index in [2.05, 4.69) is 49.3 Å². The molecule has 0 saturated heterocycles. The van der Waals surface area contributed by atoms with Crippen LogP contribution < -0.4 is 10.1 Å². The van der Waals surface area contributed by atoms with Crippen LogP contribution in [0.1, 0.15) is 44.6 Å². The van der Waals surface area contributed by atoms with Crippen molar-refractivity contribution in [1.82, 2.24) is 5.32 Å². The van der Waals surface area contributed by atoms with Crippen molar-refractivity contribution >= 4 is 31.9 Å². The Balaban J connectivity index is 1.91. The van der Waals surface area contributed by atoms with Crippen molar-refractivity contribution in [2.45, 2.75) is 51.2 Å². The van der Waals surface area contributed by atoms with Crippen molar-refractivity contribution in [3.8, 4) is 5.75 Å². The molecule has 1 aliphatic rings. The Morgan fingerprint density at radius 3 is 2.38 bits per heavy atom. The molecule has 0 aliphatic heterocycles. The van der Waals surface area contributed by atoms with Gasteiger partial charge in [0, 0.05) is 13.1 Å². The minimum atomic E-state index is -0.516. The van der Waals surface area contributed by atoms with Gasteiger partial charge in [-0.2, -0.15) is 0 Å². The second-order valence-electron chi connectivity index (χ2n) is 5.71. The lowest BCUT2D eigenvalue weighted by atomic mass is 9.85. The molecule has 0 heterocycles. The molecule has 118 valence electrons. The smallest absolute Gasteiger partial charge is 0.147 e. The van der Waals surface area contributed by atoms with Gasteiger partial charge in [-0.05, 0) is 69.3 Å². The number of hydrogen-bond acceptors (Lipinski definition) is 3. The SMILES string of the molecule is CCOc1c(Br)cc(CNCC2(O)CCCCC2)cc1Br. The molecule has 0 aromatic heterocycles. The monoisotopic (exact) mass is 419 g/mol.